The number of hydrogen-bond donors (Lipinski definition) is 1. The van der Waals surface area contributed by atoms with Crippen molar-refractivity contribution in [2.24, 2.45) is 23.2 Å². The fourth-order valence-electron chi connectivity index (χ4n) is 6.01. The molecule has 4 saturated carbocycles. The number of aromatic nitrogens is 1. The Morgan fingerprint density at radius 3 is 2.42 bits per heavy atom. The maximum atomic E-state index is 12.5. The zero-order valence-electron chi connectivity index (χ0n) is 15.0. The molecular formula is C19H29N3O2. The van der Waals surface area contributed by atoms with E-state index in [1.807, 2.05) is 13.8 Å². The number of anilines is 1. The number of aryl methyl sites for hydroxylation is 1. The Bertz CT molecular complexity index is 589. The SMILES string of the molecule is Cc1cc(NC(=O)C(C)N(C)CC23CC4CC(CC(C4)C2)C3)no1. The number of carbonyl (C=O) groups excluding carboxylic acids is 1. The predicted molar refractivity (Wildman–Crippen MR) is 92.6 cm³/mol. The van der Waals surface area contributed by atoms with Gasteiger partial charge >= 0.3 is 0 Å². The third-order valence-electron chi connectivity index (χ3n) is 6.67. The summed E-state index contributed by atoms with van der Waals surface area (Å²) in [5.41, 5.74) is 0.461. The molecule has 4 aliphatic carbocycles. The minimum Gasteiger partial charge on any atom is -0.360 e. The van der Waals surface area contributed by atoms with Crippen LogP contribution >= 0.6 is 0 Å². The van der Waals surface area contributed by atoms with Crippen molar-refractivity contribution in [3.05, 3.63) is 11.8 Å². The van der Waals surface area contributed by atoms with Crippen LogP contribution in [0.5, 0.6) is 0 Å². The van der Waals surface area contributed by atoms with Gasteiger partial charge in [0.25, 0.3) is 0 Å². The number of rotatable bonds is 5. The molecule has 4 aliphatic rings. The van der Waals surface area contributed by atoms with Crippen LogP contribution in [0.15, 0.2) is 10.6 Å². The predicted octanol–water partition coefficient (Wildman–Crippen LogP) is 3.46. The van der Waals surface area contributed by atoms with E-state index >= 15 is 0 Å². The van der Waals surface area contributed by atoms with Crippen LogP contribution in [0.1, 0.15) is 51.2 Å². The molecule has 0 saturated heterocycles. The normalized spacial score (nSPS) is 35.4. The van der Waals surface area contributed by atoms with Crippen molar-refractivity contribution in [1.82, 2.24) is 10.1 Å². The van der Waals surface area contributed by atoms with Crippen LogP contribution in [0, 0.1) is 30.1 Å². The summed E-state index contributed by atoms with van der Waals surface area (Å²) in [6.45, 7) is 4.86. The van der Waals surface area contributed by atoms with Gasteiger partial charge in [-0.3, -0.25) is 9.69 Å². The Labute approximate surface area is 144 Å². The van der Waals surface area contributed by atoms with Crippen LogP contribution in [0.25, 0.3) is 0 Å². The molecule has 0 aromatic carbocycles. The molecule has 1 atom stereocenters. The zero-order valence-corrected chi connectivity index (χ0v) is 15.0. The lowest BCUT2D eigenvalue weighted by molar-refractivity contribution is -0.122. The molecule has 1 unspecified atom stereocenters. The van der Waals surface area contributed by atoms with E-state index in [1.165, 1.54) is 38.5 Å². The summed E-state index contributed by atoms with van der Waals surface area (Å²) in [6, 6.07) is 1.60. The van der Waals surface area contributed by atoms with E-state index in [9.17, 15) is 4.79 Å². The molecular weight excluding hydrogens is 302 g/mol. The number of likely N-dealkylation sites (N-methyl/N-ethyl adjacent to an activating group) is 1. The van der Waals surface area contributed by atoms with Gasteiger partial charge in [0.2, 0.25) is 5.91 Å². The van der Waals surface area contributed by atoms with Gasteiger partial charge in [-0.1, -0.05) is 5.16 Å². The summed E-state index contributed by atoms with van der Waals surface area (Å²) >= 11 is 0. The van der Waals surface area contributed by atoms with Crippen molar-refractivity contribution in [1.29, 1.82) is 0 Å². The van der Waals surface area contributed by atoms with E-state index in [2.05, 4.69) is 22.4 Å². The Morgan fingerprint density at radius 1 is 1.33 bits per heavy atom. The molecule has 0 spiro atoms. The maximum Gasteiger partial charge on any atom is 0.242 e. The molecule has 5 heteroatoms. The highest BCUT2D eigenvalue weighted by Gasteiger charge is 2.51. The lowest BCUT2D eigenvalue weighted by Crippen LogP contribution is -2.53. The standard InChI is InChI=1S/C19H29N3O2/c1-12-4-17(21-24-12)20-18(23)13(2)22(3)11-19-8-14-5-15(9-19)7-16(6-14)10-19/h4,13-16H,5-11H2,1-3H3,(H,20,21,23). The number of hydrogen-bond acceptors (Lipinski definition) is 4. The van der Waals surface area contributed by atoms with Gasteiger partial charge in [0.1, 0.15) is 5.76 Å². The van der Waals surface area contributed by atoms with Crippen molar-refractivity contribution < 1.29 is 9.32 Å². The molecule has 1 aromatic rings. The fourth-order valence-corrected chi connectivity index (χ4v) is 6.01. The molecule has 4 bridgehead atoms. The number of carbonyl (C=O) groups is 1. The topological polar surface area (TPSA) is 58.4 Å². The maximum absolute atomic E-state index is 12.5. The Kier molecular flexibility index (Phi) is 3.94. The average Bonchev–Trinajstić information content (AvgIpc) is 2.89. The van der Waals surface area contributed by atoms with Crippen LogP contribution in [0.3, 0.4) is 0 Å². The molecule has 5 rings (SSSR count). The van der Waals surface area contributed by atoms with Crippen molar-refractivity contribution in [3.8, 4) is 0 Å². The monoisotopic (exact) mass is 331 g/mol. The summed E-state index contributed by atoms with van der Waals surface area (Å²) in [6.07, 6.45) is 8.51. The van der Waals surface area contributed by atoms with Crippen molar-refractivity contribution in [2.75, 3.05) is 18.9 Å². The number of nitrogens with zero attached hydrogens (tertiary/aromatic N) is 2. The van der Waals surface area contributed by atoms with Crippen LogP contribution in [0.2, 0.25) is 0 Å². The van der Waals surface area contributed by atoms with Gasteiger partial charge in [0.15, 0.2) is 5.82 Å². The summed E-state index contributed by atoms with van der Waals surface area (Å²) in [7, 11) is 2.09. The van der Waals surface area contributed by atoms with E-state index in [-0.39, 0.29) is 11.9 Å². The van der Waals surface area contributed by atoms with Gasteiger partial charge < -0.3 is 9.84 Å². The van der Waals surface area contributed by atoms with Gasteiger partial charge in [0.05, 0.1) is 6.04 Å². The minimum absolute atomic E-state index is 0.00414. The first-order valence-electron chi connectivity index (χ1n) is 9.37. The lowest BCUT2D eigenvalue weighted by atomic mass is 9.49. The van der Waals surface area contributed by atoms with E-state index in [1.54, 1.807) is 6.07 Å². The van der Waals surface area contributed by atoms with Crippen LogP contribution in [0.4, 0.5) is 5.82 Å². The molecule has 1 heterocycles. The van der Waals surface area contributed by atoms with E-state index in [0.29, 0.717) is 17.0 Å². The Balaban J connectivity index is 1.38. The second-order valence-corrected chi connectivity index (χ2v) is 8.82. The number of amides is 1. The van der Waals surface area contributed by atoms with Gasteiger partial charge in [0, 0.05) is 12.6 Å². The fraction of sp³-hybridized carbons (Fsp3) is 0.789. The van der Waals surface area contributed by atoms with Crippen molar-refractivity contribution >= 4 is 11.7 Å². The Morgan fingerprint density at radius 2 is 1.92 bits per heavy atom. The minimum atomic E-state index is -0.157. The summed E-state index contributed by atoms with van der Waals surface area (Å²) < 4.78 is 5.02. The molecule has 0 radical (unpaired) electrons. The molecule has 5 nitrogen and oxygen atoms in total. The molecule has 0 aliphatic heterocycles. The third kappa shape index (κ3) is 2.99. The smallest absolute Gasteiger partial charge is 0.242 e. The molecule has 1 aromatic heterocycles. The van der Waals surface area contributed by atoms with E-state index in [0.717, 1.165) is 24.3 Å². The molecule has 24 heavy (non-hydrogen) atoms. The average molecular weight is 331 g/mol. The van der Waals surface area contributed by atoms with Crippen LogP contribution in [-0.2, 0) is 4.79 Å². The molecule has 1 amide bonds. The quantitative estimate of drug-likeness (QED) is 0.898. The highest BCUT2D eigenvalue weighted by Crippen LogP contribution is 2.60. The van der Waals surface area contributed by atoms with E-state index in [4.69, 9.17) is 4.52 Å². The van der Waals surface area contributed by atoms with Crippen LogP contribution < -0.4 is 5.32 Å². The highest BCUT2D eigenvalue weighted by atomic mass is 16.5. The first-order chi connectivity index (χ1) is 11.4. The first-order valence-corrected chi connectivity index (χ1v) is 9.37. The molecule has 132 valence electrons. The summed E-state index contributed by atoms with van der Waals surface area (Å²) in [4.78, 5) is 14.8. The third-order valence-corrected chi connectivity index (χ3v) is 6.67. The van der Waals surface area contributed by atoms with Gasteiger partial charge in [-0.2, -0.15) is 0 Å². The summed E-state index contributed by atoms with van der Waals surface area (Å²) in [5.74, 6) is 4.06. The van der Waals surface area contributed by atoms with Crippen LogP contribution in [-0.4, -0.2) is 35.6 Å². The summed E-state index contributed by atoms with van der Waals surface area (Å²) in [5, 5.41) is 6.72. The van der Waals surface area contributed by atoms with Gasteiger partial charge in [-0.05, 0) is 82.6 Å². The molecule has 1 N–H and O–H groups in total. The second-order valence-electron chi connectivity index (χ2n) is 8.82. The molecule has 4 fully saturated rings. The first kappa shape index (κ1) is 16.1. The van der Waals surface area contributed by atoms with Gasteiger partial charge in [-0.25, -0.2) is 0 Å². The van der Waals surface area contributed by atoms with Gasteiger partial charge in [-0.15, -0.1) is 0 Å². The largest absolute Gasteiger partial charge is 0.360 e. The highest BCUT2D eigenvalue weighted by molar-refractivity contribution is 5.93. The lowest BCUT2D eigenvalue weighted by Gasteiger charge is -2.58. The second kappa shape index (κ2) is 5.87. The number of nitrogens with one attached hydrogen (secondary N) is 1. The Hall–Kier alpha value is -1.36. The van der Waals surface area contributed by atoms with Crippen molar-refractivity contribution in [3.63, 3.8) is 0 Å². The van der Waals surface area contributed by atoms with Crippen molar-refractivity contribution in [2.45, 2.75) is 58.4 Å². The zero-order chi connectivity index (χ0) is 16.9. The van der Waals surface area contributed by atoms with E-state index < -0.39 is 0 Å².